The molecule has 3 aromatic rings. The van der Waals surface area contributed by atoms with Crippen molar-refractivity contribution in [3.63, 3.8) is 0 Å². The molecule has 0 saturated carbocycles. The van der Waals surface area contributed by atoms with Crippen LogP contribution in [-0.2, 0) is 22.5 Å². The molecule has 7 nitrogen and oxygen atoms in total. The van der Waals surface area contributed by atoms with E-state index in [1.54, 1.807) is 0 Å². The third-order valence-electron chi connectivity index (χ3n) is 5.61. The van der Waals surface area contributed by atoms with Crippen LogP contribution in [-0.4, -0.2) is 42.3 Å². The van der Waals surface area contributed by atoms with Crippen molar-refractivity contribution in [3.8, 4) is 5.75 Å². The van der Waals surface area contributed by atoms with Crippen molar-refractivity contribution in [2.45, 2.75) is 24.9 Å². The second kappa shape index (κ2) is 12.0. The predicted octanol–water partition coefficient (Wildman–Crippen LogP) is 3.79. The number of aliphatic imine (C=N–C) groups is 1. The van der Waals surface area contributed by atoms with Crippen molar-refractivity contribution in [3.05, 3.63) is 100 Å². The number of aliphatic hydroxyl groups excluding tert-OH is 1. The highest BCUT2D eigenvalue weighted by Crippen LogP contribution is 2.28. The summed E-state index contributed by atoms with van der Waals surface area (Å²) in [6, 6.07) is 25.1. The second-order valence-corrected chi connectivity index (χ2v) is 9.20. The molecule has 35 heavy (non-hydrogen) atoms. The number of hydrazine groups is 1. The molecule has 1 aliphatic rings. The van der Waals surface area contributed by atoms with E-state index in [1.807, 2.05) is 78.9 Å². The smallest absolute Gasteiger partial charge is 0.266 e. The Hall–Kier alpha value is -3.20. The Labute approximate surface area is 213 Å². The lowest BCUT2D eigenvalue weighted by atomic mass is 9.91. The highest BCUT2D eigenvalue weighted by molar-refractivity contribution is 9.10. The lowest BCUT2D eigenvalue weighted by Gasteiger charge is -2.23. The van der Waals surface area contributed by atoms with Crippen LogP contribution in [0.4, 0.5) is 0 Å². The lowest BCUT2D eigenvalue weighted by Crippen LogP contribution is -2.52. The van der Waals surface area contributed by atoms with Crippen LogP contribution >= 0.6 is 15.9 Å². The molecule has 8 heteroatoms. The zero-order valence-corrected chi connectivity index (χ0v) is 20.8. The van der Waals surface area contributed by atoms with Gasteiger partial charge in [-0.3, -0.25) is 10.2 Å². The SMILES string of the molecule is O=C(NNCc1ccccc1)[C@]1(Cc2ccc(Br)cc2)COC(c2ccc(OCCCO)cc2)=N1. The summed E-state index contributed by atoms with van der Waals surface area (Å²) in [5.41, 5.74) is 7.54. The van der Waals surface area contributed by atoms with Crippen LogP contribution in [0.5, 0.6) is 5.75 Å². The Morgan fingerprint density at radius 2 is 1.77 bits per heavy atom. The molecule has 4 rings (SSSR count). The number of ether oxygens (including phenoxy) is 2. The van der Waals surface area contributed by atoms with Gasteiger partial charge in [0.25, 0.3) is 5.91 Å². The van der Waals surface area contributed by atoms with E-state index in [1.165, 1.54) is 0 Å². The molecule has 1 aliphatic heterocycles. The number of aliphatic hydroxyl groups is 1. The number of nitrogens with one attached hydrogen (secondary N) is 2. The number of halogens is 1. The van der Waals surface area contributed by atoms with Crippen LogP contribution in [0.2, 0.25) is 0 Å². The highest BCUT2D eigenvalue weighted by Gasteiger charge is 2.44. The summed E-state index contributed by atoms with van der Waals surface area (Å²) in [5, 5.41) is 8.91. The van der Waals surface area contributed by atoms with E-state index in [-0.39, 0.29) is 19.1 Å². The van der Waals surface area contributed by atoms with Crippen molar-refractivity contribution >= 4 is 27.7 Å². The third-order valence-corrected chi connectivity index (χ3v) is 6.13. The van der Waals surface area contributed by atoms with Gasteiger partial charge in [0.1, 0.15) is 12.4 Å². The molecule has 182 valence electrons. The summed E-state index contributed by atoms with van der Waals surface area (Å²) in [6.45, 7) is 1.16. The summed E-state index contributed by atoms with van der Waals surface area (Å²) in [7, 11) is 0. The maximum absolute atomic E-state index is 13.4. The fourth-order valence-corrected chi connectivity index (χ4v) is 3.97. The molecule has 0 aliphatic carbocycles. The van der Waals surface area contributed by atoms with Crippen molar-refractivity contribution in [2.75, 3.05) is 19.8 Å². The molecule has 1 atom stereocenters. The molecule has 0 fully saturated rings. The van der Waals surface area contributed by atoms with Gasteiger partial charge in [0.2, 0.25) is 5.90 Å². The summed E-state index contributed by atoms with van der Waals surface area (Å²) in [4.78, 5) is 18.2. The van der Waals surface area contributed by atoms with Crippen molar-refractivity contribution < 1.29 is 19.4 Å². The minimum absolute atomic E-state index is 0.0887. The van der Waals surface area contributed by atoms with Gasteiger partial charge < -0.3 is 14.6 Å². The van der Waals surface area contributed by atoms with Crippen LogP contribution in [0.1, 0.15) is 23.1 Å². The molecule has 3 N–H and O–H groups in total. The summed E-state index contributed by atoms with van der Waals surface area (Å²) < 4.78 is 12.5. The van der Waals surface area contributed by atoms with Gasteiger partial charge >= 0.3 is 0 Å². The maximum Gasteiger partial charge on any atom is 0.266 e. The van der Waals surface area contributed by atoms with Gasteiger partial charge in [-0.2, -0.15) is 0 Å². The molecule has 0 saturated heterocycles. The lowest BCUT2D eigenvalue weighted by molar-refractivity contribution is -0.127. The average molecular weight is 538 g/mol. The molecular weight excluding hydrogens is 510 g/mol. The maximum atomic E-state index is 13.4. The predicted molar refractivity (Wildman–Crippen MR) is 138 cm³/mol. The molecule has 0 radical (unpaired) electrons. The van der Waals surface area contributed by atoms with Crippen LogP contribution < -0.4 is 15.6 Å². The Balaban J connectivity index is 1.51. The summed E-state index contributed by atoms with van der Waals surface area (Å²) in [5.74, 6) is 0.863. The van der Waals surface area contributed by atoms with Crippen molar-refractivity contribution in [2.24, 2.45) is 4.99 Å². The quantitative estimate of drug-likeness (QED) is 0.255. The van der Waals surface area contributed by atoms with Crippen molar-refractivity contribution in [1.29, 1.82) is 0 Å². The van der Waals surface area contributed by atoms with E-state index in [0.29, 0.717) is 37.6 Å². The summed E-state index contributed by atoms with van der Waals surface area (Å²) in [6.07, 6.45) is 0.967. The third kappa shape index (κ3) is 6.69. The Morgan fingerprint density at radius 1 is 1.03 bits per heavy atom. The molecule has 0 aromatic heterocycles. The van der Waals surface area contributed by atoms with E-state index in [2.05, 4.69) is 26.8 Å². The fourth-order valence-electron chi connectivity index (χ4n) is 3.71. The van der Waals surface area contributed by atoms with Gasteiger partial charge in [0, 0.05) is 36.0 Å². The zero-order chi connectivity index (χ0) is 24.5. The van der Waals surface area contributed by atoms with Gasteiger partial charge in [-0.1, -0.05) is 58.4 Å². The molecule has 0 unspecified atom stereocenters. The second-order valence-electron chi connectivity index (χ2n) is 8.28. The first-order valence-corrected chi connectivity index (χ1v) is 12.3. The van der Waals surface area contributed by atoms with Gasteiger partial charge in [0.05, 0.1) is 6.61 Å². The molecule has 3 aromatic carbocycles. The first-order valence-electron chi connectivity index (χ1n) is 11.5. The number of carbonyl (C=O) groups is 1. The first-order chi connectivity index (χ1) is 17.1. The monoisotopic (exact) mass is 537 g/mol. The Kier molecular flexibility index (Phi) is 8.52. The summed E-state index contributed by atoms with van der Waals surface area (Å²) >= 11 is 3.46. The number of amides is 1. The first kappa shape index (κ1) is 24.9. The largest absolute Gasteiger partial charge is 0.494 e. The van der Waals surface area contributed by atoms with E-state index in [4.69, 9.17) is 19.6 Å². The zero-order valence-electron chi connectivity index (χ0n) is 19.2. The molecule has 0 bridgehead atoms. The van der Waals surface area contributed by atoms with Crippen molar-refractivity contribution in [1.82, 2.24) is 10.9 Å². The molecule has 1 amide bonds. The highest BCUT2D eigenvalue weighted by atomic mass is 79.9. The Bertz CT molecular complexity index is 1140. The van der Waals surface area contributed by atoms with E-state index in [9.17, 15) is 4.79 Å². The number of benzene rings is 3. The van der Waals surface area contributed by atoms with Gasteiger partial charge in [-0.15, -0.1) is 0 Å². The van der Waals surface area contributed by atoms with Gasteiger partial charge in [-0.05, 0) is 47.5 Å². The fraction of sp³-hybridized carbons (Fsp3) is 0.259. The molecular formula is C27H28BrN3O4. The van der Waals surface area contributed by atoms with Crippen LogP contribution in [0, 0.1) is 0 Å². The number of hydrogen-bond donors (Lipinski definition) is 3. The molecule has 1 heterocycles. The minimum Gasteiger partial charge on any atom is -0.494 e. The Morgan fingerprint density at radius 3 is 2.49 bits per heavy atom. The van der Waals surface area contributed by atoms with Crippen LogP contribution in [0.15, 0.2) is 88.3 Å². The normalized spacial score (nSPS) is 16.9. The van der Waals surface area contributed by atoms with E-state index < -0.39 is 5.54 Å². The van der Waals surface area contributed by atoms with Gasteiger partial charge in [0.15, 0.2) is 5.54 Å². The van der Waals surface area contributed by atoms with Crippen LogP contribution in [0.25, 0.3) is 0 Å². The van der Waals surface area contributed by atoms with E-state index in [0.717, 1.165) is 21.2 Å². The minimum atomic E-state index is -1.11. The topological polar surface area (TPSA) is 92.2 Å². The number of carbonyl (C=O) groups excluding carboxylic acids is 1. The number of rotatable bonds is 11. The van der Waals surface area contributed by atoms with Gasteiger partial charge in [-0.25, -0.2) is 10.4 Å². The number of hydrogen-bond acceptors (Lipinski definition) is 6. The molecule has 0 spiro atoms. The van der Waals surface area contributed by atoms with E-state index >= 15 is 0 Å². The number of nitrogens with zero attached hydrogens (tertiary/aromatic N) is 1. The average Bonchev–Trinajstić information content (AvgIpc) is 3.32. The van der Waals surface area contributed by atoms with Crippen LogP contribution in [0.3, 0.4) is 0 Å². The standard InChI is InChI=1S/C27H28BrN3O4/c28-23-11-7-20(8-12-23)17-27(26(33)31-29-18-21-5-2-1-3-6-21)19-35-25(30-27)22-9-13-24(14-10-22)34-16-4-15-32/h1-3,5-14,29,32H,4,15-19H2,(H,31,33)/t27-/m0/s1.